The summed E-state index contributed by atoms with van der Waals surface area (Å²) in [6.07, 6.45) is 6.98. The van der Waals surface area contributed by atoms with E-state index in [4.69, 9.17) is 0 Å². The number of halogens is 1. The van der Waals surface area contributed by atoms with Crippen LogP contribution in [-0.2, 0) is 0 Å². The highest BCUT2D eigenvalue weighted by atomic mass is 79.9. The lowest BCUT2D eigenvalue weighted by molar-refractivity contribution is 0.112. The SMILES string of the molecule is O=Cc1cnn(-c2ncc(Br)cn2)c1. The summed E-state index contributed by atoms with van der Waals surface area (Å²) in [4.78, 5) is 18.4. The Morgan fingerprint density at radius 2 is 2.00 bits per heavy atom. The maximum absolute atomic E-state index is 10.4. The number of nitrogens with zero attached hydrogens (tertiary/aromatic N) is 4. The number of rotatable bonds is 2. The smallest absolute Gasteiger partial charge is 0.250 e. The molecule has 6 heteroatoms. The lowest BCUT2D eigenvalue weighted by Gasteiger charge is -1.96. The van der Waals surface area contributed by atoms with Gasteiger partial charge in [0.25, 0.3) is 5.95 Å². The van der Waals surface area contributed by atoms with E-state index >= 15 is 0 Å². The van der Waals surface area contributed by atoms with Crippen LogP contribution in [-0.4, -0.2) is 26.0 Å². The highest BCUT2D eigenvalue weighted by Crippen LogP contribution is 2.06. The van der Waals surface area contributed by atoms with Crippen LogP contribution in [0.2, 0.25) is 0 Å². The fraction of sp³-hybridized carbons (Fsp3) is 0. The zero-order chi connectivity index (χ0) is 9.97. The minimum atomic E-state index is 0.432. The lowest BCUT2D eigenvalue weighted by atomic mass is 10.4. The van der Waals surface area contributed by atoms with Crippen LogP contribution in [0, 0.1) is 0 Å². The van der Waals surface area contributed by atoms with Crippen LogP contribution in [0.3, 0.4) is 0 Å². The Balaban J connectivity index is 2.39. The van der Waals surface area contributed by atoms with Crippen molar-refractivity contribution in [2.24, 2.45) is 0 Å². The summed E-state index contributed by atoms with van der Waals surface area (Å²) in [5, 5.41) is 3.93. The normalized spacial score (nSPS) is 10.1. The molecule has 0 unspecified atom stereocenters. The van der Waals surface area contributed by atoms with E-state index in [1.54, 1.807) is 18.6 Å². The second-order valence-corrected chi connectivity index (χ2v) is 3.45. The molecule has 0 atom stereocenters. The van der Waals surface area contributed by atoms with E-state index in [0.29, 0.717) is 11.5 Å². The second-order valence-electron chi connectivity index (χ2n) is 2.54. The van der Waals surface area contributed by atoms with Crippen molar-refractivity contribution in [1.82, 2.24) is 19.7 Å². The molecule has 0 saturated heterocycles. The molecular formula is C8H5BrN4O. The lowest BCUT2D eigenvalue weighted by Crippen LogP contribution is -2.00. The van der Waals surface area contributed by atoms with Gasteiger partial charge in [0.05, 0.1) is 16.2 Å². The molecule has 0 saturated carbocycles. The van der Waals surface area contributed by atoms with Crippen LogP contribution >= 0.6 is 15.9 Å². The average molecular weight is 253 g/mol. The van der Waals surface area contributed by atoms with Gasteiger partial charge in [-0.05, 0) is 15.9 Å². The Hall–Kier alpha value is -1.56. The van der Waals surface area contributed by atoms with Crippen LogP contribution in [0.5, 0.6) is 0 Å². The number of hydrogen-bond donors (Lipinski definition) is 0. The molecule has 14 heavy (non-hydrogen) atoms. The third kappa shape index (κ3) is 1.69. The number of aldehydes is 1. The maximum Gasteiger partial charge on any atom is 0.250 e. The molecule has 0 spiro atoms. The monoisotopic (exact) mass is 252 g/mol. The number of carbonyl (C=O) groups excluding carboxylic acids is 1. The fourth-order valence-corrected chi connectivity index (χ4v) is 1.14. The second kappa shape index (κ2) is 3.67. The van der Waals surface area contributed by atoms with Gasteiger partial charge in [-0.1, -0.05) is 0 Å². The molecule has 2 rings (SSSR count). The quantitative estimate of drug-likeness (QED) is 0.755. The summed E-state index contributed by atoms with van der Waals surface area (Å²) < 4.78 is 2.24. The summed E-state index contributed by atoms with van der Waals surface area (Å²) in [6.45, 7) is 0. The molecule has 0 radical (unpaired) electrons. The minimum absolute atomic E-state index is 0.432. The van der Waals surface area contributed by atoms with Crippen molar-refractivity contribution in [2.45, 2.75) is 0 Å². The third-order valence-corrected chi connectivity index (χ3v) is 1.96. The van der Waals surface area contributed by atoms with Crippen LogP contribution in [0.4, 0.5) is 0 Å². The van der Waals surface area contributed by atoms with Gasteiger partial charge in [-0.25, -0.2) is 14.6 Å². The molecule has 0 aliphatic carbocycles. The van der Waals surface area contributed by atoms with Crippen LogP contribution < -0.4 is 0 Å². The average Bonchev–Trinajstić information content (AvgIpc) is 2.67. The Morgan fingerprint density at radius 3 is 2.57 bits per heavy atom. The predicted octanol–water partition coefficient (Wildman–Crippen LogP) is 1.24. The van der Waals surface area contributed by atoms with Gasteiger partial charge in [0.2, 0.25) is 0 Å². The highest BCUT2D eigenvalue weighted by molar-refractivity contribution is 9.10. The molecule has 0 amide bonds. The first-order chi connectivity index (χ1) is 6.79. The van der Waals surface area contributed by atoms with Crippen molar-refractivity contribution < 1.29 is 4.79 Å². The number of aromatic nitrogens is 4. The van der Waals surface area contributed by atoms with Crippen molar-refractivity contribution in [2.75, 3.05) is 0 Å². The molecule has 0 aliphatic heterocycles. The minimum Gasteiger partial charge on any atom is -0.298 e. The van der Waals surface area contributed by atoms with Gasteiger partial charge in [0.1, 0.15) is 0 Å². The zero-order valence-electron chi connectivity index (χ0n) is 6.96. The summed E-state index contributed by atoms with van der Waals surface area (Å²) in [7, 11) is 0. The molecule has 5 nitrogen and oxygen atoms in total. The molecule has 2 aromatic rings. The van der Waals surface area contributed by atoms with E-state index in [1.807, 2.05) is 0 Å². The van der Waals surface area contributed by atoms with Crippen molar-refractivity contribution in [3.63, 3.8) is 0 Å². The molecular weight excluding hydrogens is 248 g/mol. The maximum atomic E-state index is 10.4. The molecule has 0 N–H and O–H groups in total. The van der Waals surface area contributed by atoms with Gasteiger partial charge in [-0.3, -0.25) is 4.79 Å². The van der Waals surface area contributed by atoms with Gasteiger partial charge in [-0.15, -0.1) is 0 Å². The molecule has 2 heterocycles. The largest absolute Gasteiger partial charge is 0.298 e. The first-order valence-corrected chi connectivity index (χ1v) is 4.56. The standard InChI is InChI=1S/C8H5BrN4O/c9-7-2-10-8(11-3-7)13-4-6(5-14)1-12-13/h1-5H. The van der Waals surface area contributed by atoms with Gasteiger partial charge in [0.15, 0.2) is 6.29 Å². The van der Waals surface area contributed by atoms with E-state index in [0.717, 1.165) is 10.8 Å². The van der Waals surface area contributed by atoms with Gasteiger partial charge < -0.3 is 0 Å². The van der Waals surface area contributed by atoms with Crippen LogP contribution in [0.25, 0.3) is 5.95 Å². The van der Waals surface area contributed by atoms with Crippen molar-refractivity contribution in [3.05, 3.63) is 34.8 Å². The van der Waals surface area contributed by atoms with E-state index in [1.165, 1.54) is 10.9 Å². The van der Waals surface area contributed by atoms with Gasteiger partial charge in [-0.2, -0.15) is 5.10 Å². The number of carbonyl (C=O) groups is 1. The van der Waals surface area contributed by atoms with Gasteiger partial charge >= 0.3 is 0 Å². The molecule has 70 valence electrons. The van der Waals surface area contributed by atoms with Crippen molar-refractivity contribution >= 4 is 22.2 Å². The summed E-state index contributed by atoms with van der Waals surface area (Å²) in [5.41, 5.74) is 0.497. The molecule has 0 aromatic carbocycles. The fourth-order valence-electron chi connectivity index (χ4n) is 0.931. The Morgan fingerprint density at radius 1 is 1.29 bits per heavy atom. The van der Waals surface area contributed by atoms with E-state index in [-0.39, 0.29) is 0 Å². The Bertz CT molecular complexity index is 451. The summed E-state index contributed by atoms with van der Waals surface area (Å²) in [6, 6.07) is 0. The van der Waals surface area contributed by atoms with E-state index < -0.39 is 0 Å². The highest BCUT2D eigenvalue weighted by Gasteiger charge is 2.01. The molecule has 0 fully saturated rings. The Kier molecular flexibility index (Phi) is 2.36. The van der Waals surface area contributed by atoms with Crippen molar-refractivity contribution in [1.29, 1.82) is 0 Å². The van der Waals surface area contributed by atoms with Crippen LogP contribution in [0.15, 0.2) is 29.3 Å². The summed E-state index contributed by atoms with van der Waals surface area (Å²) >= 11 is 3.23. The number of hydrogen-bond acceptors (Lipinski definition) is 4. The molecule has 0 bridgehead atoms. The topological polar surface area (TPSA) is 60.7 Å². The third-order valence-electron chi connectivity index (χ3n) is 1.55. The first-order valence-electron chi connectivity index (χ1n) is 3.77. The zero-order valence-corrected chi connectivity index (χ0v) is 8.55. The summed E-state index contributed by atoms with van der Waals surface area (Å²) in [5.74, 6) is 0.432. The van der Waals surface area contributed by atoms with Crippen molar-refractivity contribution in [3.8, 4) is 5.95 Å². The van der Waals surface area contributed by atoms with E-state index in [2.05, 4.69) is 31.0 Å². The van der Waals surface area contributed by atoms with Crippen LogP contribution in [0.1, 0.15) is 10.4 Å². The first kappa shape index (κ1) is 9.01. The van der Waals surface area contributed by atoms with E-state index in [9.17, 15) is 4.79 Å². The molecule has 2 aromatic heterocycles. The van der Waals surface area contributed by atoms with Gasteiger partial charge in [0, 0.05) is 18.6 Å². The molecule has 0 aliphatic rings. The Labute approximate surface area is 87.9 Å². The predicted molar refractivity (Wildman–Crippen MR) is 52.2 cm³/mol.